The number of hydrogen-bond donors (Lipinski definition) is 0. The van der Waals surface area contributed by atoms with Gasteiger partial charge < -0.3 is 9.80 Å². The maximum absolute atomic E-state index is 5.51. The topological polar surface area (TPSA) is 9.72 Å². The van der Waals surface area contributed by atoms with Crippen molar-refractivity contribution in [3.05, 3.63) is 35.9 Å². The predicted octanol–water partition coefficient (Wildman–Crippen LogP) is 3.50. The molecule has 1 fully saturated rings. The summed E-state index contributed by atoms with van der Waals surface area (Å²) in [6, 6.07) is 10.6. The first-order valence-electron chi connectivity index (χ1n) is 7.63. The van der Waals surface area contributed by atoms with E-state index in [4.69, 9.17) is 12.2 Å². The van der Waals surface area contributed by atoms with Crippen LogP contribution in [0.5, 0.6) is 0 Å². The first-order valence-corrected chi connectivity index (χ1v) is 9.02. The Labute approximate surface area is 150 Å². The van der Waals surface area contributed by atoms with Crippen LogP contribution in [-0.2, 0) is 6.54 Å². The number of nitrogens with zero attached hydrogens (tertiary/aromatic N) is 3. The zero-order chi connectivity index (χ0) is 15.1. The standard InChI is InChI=1S/C16H25N3S2.ClH/c1-3-17(4-2)10-11-18-13-19(16(20)21-14-18)12-15-8-6-5-7-9-15;/h5-9H,3-4,10-14H2,1-2H3;1H. The molecule has 0 spiro atoms. The minimum atomic E-state index is 0. The van der Waals surface area contributed by atoms with E-state index in [1.165, 1.54) is 5.56 Å². The number of thioether (sulfide) groups is 1. The number of likely N-dealkylation sites (N-methyl/N-ethyl adjacent to an activating group) is 1. The fourth-order valence-corrected chi connectivity index (χ4v) is 3.54. The maximum Gasteiger partial charge on any atom is 0.138 e. The lowest BCUT2D eigenvalue weighted by atomic mass is 10.2. The number of rotatable bonds is 7. The second kappa shape index (κ2) is 10.4. The Hall–Kier alpha value is -0.330. The van der Waals surface area contributed by atoms with Gasteiger partial charge in [-0.3, -0.25) is 4.90 Å². The Morgan fingerprint density at radius 3 is 2.50 bits per heavy atom. The fourth-order valence-electron chi connectivity index (χ4n) is 2.45. The van der Waals surface area contributed by atoms with Gasteiger partial charge in [0.05, 0.1) is 12.5 Å². The van der Waals surface area contributed by atoms with Crippen LogP contribution in [0.1, 0.15) is 19.4 Å². The van der Waals surface area contributed by atoms with Crippen LogP contribution < -0.4 is 0 Å². The molecule has 2 rings (SSSR count). The Kier molecular flexibility index (Phi) is 9.36. The third-order valence-electron chi connectivity index (χ3n) is 3.84. The number of benzene rings is 1. The van der Waals surface area contributed by atoms with Gasteiger partial charge in [0.25, 0.3) is 0 Å². The average Bonchev–Trinajstić information content (AvgIpc) is 2.52. The van der Waals surface area contributed by atoms with Gasteiger partial charge in [0.2, 0.25) is 0 Å². The molecule has 0 radical (unpaired) electrons. The highest BCUT2D eigenvalue weighted by Crippen LogP contribution is 2.20. The van der Waals surface area contributed by atoms with E-state index in [2.05, 4.69) is 58.9 Å². The normalized spacial score (nSPS) is 16.0. The van der Waals surface area contributed by atoms with Crippen molar-refractivity contribution in [1.82, 2.24) is 14.7 Å². The van der Waals surface area contributed by atoms with E-state index in [1.807, 2.05) is 0 Å². The summed E-state index contributed by atoms with van der Waals surface area (Å²) >= 11 is 7.30. The summed E-state index contributed by atoms with van der Waals surface area (Å²) in [6.45, 7) is 10.8. The third-order valence-corrected chi connectivity index (χ3v) is 5.45. The SMILES string of the molecule is CCN(CC)CCN1CSC(=S)N(Cc2ccccc2)C1.Cl. The highest BCUT2D eigenvalue weighted by molar-refractivity contribution is 8.22. The molecule has 1 aliphatic heterocycles. The summed E-state index contributed by atoms with van der Waals surface area (Å²) in [4.78, 5) is 7.27. The van der Waals surface area contributed by atoms with Crippen LogP contribution in [0.15, 0.2) is 30.3 Å². The Morgan fingerprint density at radius 1 is 1.18 bits per heavy atom. The van der Waals surface area contributed by atoms with Crippen molar-refractivity contribution in [1.29, 1.82) is 0 Å². The van der Waals surface area contributed by atoms with E-state index in [0.717, 1.165) is 49.6 Å². The van der Waals surface area contributed by atoms with Crippen molar-refractivity contribution in [2.24, 2.45) is 0 Å². The quantitative estimate of drug-likeness (QED) is 0.687. The Morgan fingerprint density at radius 2 is 1.86 bits per heavy atom. The molecule has 0 saturated carbocycles. The van der Waals surface area contributed by atoms with E-state index in [-0.39, 0.29) is 12.4 Å². The molecule has 3 nitrogen and oxygen atoms in total. The monoisotopic (exact) mass is 359 g/mol. The van der Waals surface area contributed by atoms with Crippen LogP contribution in [0.2, 0.25) is 0 Å². The molecule has 1 heterocycles. The zero-order valence-corrected chi connectivity index (χ0v) is 15.9. The van der Waals surface area contributed by atoms with Gasteiger partial charge in [0.1, 0.15) is 4.32 Å². The number of thiocarbonyl (C=S) groups is 1. The van der Waals surface area contributed by atoms with Crippen LogP contribution in [0.3, 0.4) is 0 Å². The molecular weight excluding hydrogens is 334 g/mol. The summed E-state index contributed by atoms with van der Waals surface area (Å²) in [6.07, 6.45) is 0. The zero-order valence-electron chi connectivity index (χ0n) is 13.4. The number of halogens is 1. The first-order chi connectivity index (χ1) is 10.2. The van der Waals surface area contributed by atoms with E-state index in [0.29, 0.717) is 0 Å². The van der Waals surface area contributed by atoms with Gasteiger partial charge in [-0.15, -0.1) is 12.4 Å². The van der Waals surface area contributed by atoms with Crippen molar-refractivity contribution in [2.75, 3.05) is 38.7 Å². The van der Waals surface area contributed by atoms with Crippen LogP contribution in [0, 0.1) is 0 Å². The molecule has 1 aliphatic rings. The van der Waals surface area contributed by atoms with Gasteiger partial charge in [-0.2, -0.15) is 0 Å². The van der Waals surface area contributed by atoms with Gasteiger partial charge in [-0.05, 0) is 18.7 Å². The molecule has 6 heteroatoms. The summed E-state index contributed by atoms with van der Waals surface area (Å²) in [7, 11) is 0. The molecule has 0 aliphatic carbocycles. The molecule has 22 heavy (non-hydrogen) atoms. The van der Waals surface area contributed by atoms with Gasteiger partial charge in [0.15, 0.2) is 0 Å². The predicted molar refractivity (Wildman–Crippen MR) is 104 cm³/mol. The largest absolute Gasteiger partial charge is 0.340 e. The van der Waals surface area contributed by atoms with Crippen molar-refractivity contribution < 1.29 is 0 Å². The van der Waals surface area contributed by atoms with Crippen LogP contribution in [-0.4, -0.2) is 57.7 Å². The van der Waals surface area contributed by atoms with E-state index < -0.39 is 0 Å². The van der Waals surface area contributed by atoms with E-state index in [1.54, 1.807) is 11.8 Å². The van der Waals surface area contributed by atoms with Crippen LogP contribution in [0.25, 0.3) is 0 Å². The first kappa shape index (κ1) is 19.7. The third kappa shape index (κ3) is 6.05. The summed E-state index contributed by atoms with van der Waals surface area (Å²) < 4.78 is 1.03. The molecule has 124 valence electrons. The highest BCUT2D eigenvalue weighted by atomic mass is 35.5. The molecule has 0 amide bonds. The molecule has 0 N–H and O–H groups in total. The summed E-state index contributed by atoms with van der Waals surface area (Å²) in [5, 5.41) is 0. The molecule has 0 bridgehead atoms. The van der Waals surface area contributed by atoms with Crippen LogP contribution >= 0.6 is 36.4 Å². The molecule has 0 atom stereocenters. The van der Waals surface area contributed by atoms with E-state index in [9.17, 15) is 0 Å². The lowest BCUT2D eigenvalue weighted by Crippen LogP contribution is -2.46. The molecule has 1 saturated heterocycles. The van der Waals surface area contributed by atoms with Crippen LogP contribution in [0.4, 0.5) is 0 Å². The van der Waals surface area contributed by atoms with Gasteiger partial charge in [-0.25, -0.2) is 0 Å². The van der Waals surface area contributed by atoms with Crippen molar-refractivity contribution in [3.8, 4) is 0 Å². The Bertz CT molecular complexity index is 440. The number of hydrogen-bond acceptors (Lipinski definition) is 4. The van der Waals surface area contributed by atoms with Crippen molar-refractivity contribution in [3.63, 3.8) is 0 Å². The van der Waals surface area contributed by atoms with Gasteiger partial charge in [-0.1, -0.05) is 68.2 Å². The molecular formula is C16H26ClN3S2. The van der Waals surface area contributed by atoms with Gasteiger partial charge in [0, 0.05) is 19.6 Å². The molecule has 0 unspecified atom stereocenters. The van der Waals surface area contributed by atoms with E-state index >= 15 is 0 Å². The fraction of sp³-hybridized carbons (Fsp3) is 0.562. The second-order valence-corrected chi connectivity index (χ2v) is 6.86. The average molecular weight is 360 g/mol. The minimum Gasteiger partial charge on any atom is -0.340 e. The second-order valence-electron chi connectivity index (χ2n) is 5.29. The maximum atomic E-state index is 5.51. The lowest BCUT2D eigenvalue weighted by Gasteiger charge is -2.37. The summed E-state index contributed by atoms with van der Waals surface area (Å²) in [5.41, 5.74) is 1.33. The molecule has 1 aromatic carbocycles. The highest BCUT2D eigenvalue weighted by Gasteiger charge is 2.21. The van der Waals surface area contributed by atoms with Crippen molar-refractivity contribution >= 4 is 40.7 Å². The van der Waals surface area contributed by atoms with Crippen molar-refractivity contribution in [2.45, 2.75) is 20.4 Å². The Balaban J connectivity index is 0.00000242. The molecule has 0 aromatic heterocycles. The van der Waals surface area contributed by atoms with Gasteiger partial charge >= 0.3 is 0 Å². The minimum absolute atomic E-state index is 0. The smallest absolute Gasteiger partial charge is 0.138 e. The summed E-state index contributed by atoms with van der Waals surface area (Å²) in [5.74, 6) is 1.02. The lowest BCUT2D eigenvalue weighted by molar-refractivity contribution is 0.178. The molecule has 1 aromatic rings.